The van der Waals surface area contributed by atoms with E-state index in [1.54, 1.807) is 0 Å². The Bertz CT molecular complexity index is 1110. The van der Waals surface area contributed by atoms with E-state index in [1.807, 2.05) is 12.1 Å². The zero-order chi connectivity index (χ0) is 21.8. The first kappa shape index (κ1) is 20.0. The number of benzene rings is 1. The zero-order valence-corrected chi connectivity index (χ0v) is 18.7. The first-order valence-electron chi connectivity index (χ1n) is 10.8. The van der Waals surface area contributed by atoms with E-state index in [0.29, 0.717) is 24.9 Å². The normalized spacial score (nSPS) is 22.4. The molecule has 2 aromatic heterocycles. The smallest absolute Gasteiger partial charge is 0.228 e. The fourth-order valence-corrected chi connectivity index (χ4v) is 4.74. The van der Waals surface area contributed by atoms with E-state index in [-0.39, 0.29) is 11.5 Å². The average Bonchev–Trinajstić information content (AvgIpc) is 3.26. The van der Waals surface area contributed by atoms with Gasteiger partial charge in [-0.1, -0.05) is 44.1 Å². The van der Waals surface area contributed by atoms with Crippen molar-refractivity contribution in [3.05, 3.63) is 52.9 Å². The molecule has 1 aromatic carbocycles. The predicted molar refractivity (Wildman–Crippen MR) is 119 cm³/mol. The summed E-state index contributed by atoms with van der Waals surface area (Å²) in [6.45, 7) is 11.4. The Morgan fingerprint density at radius 2 is 1.90 bits per heavy atom. The maximum absolute atomic E-state index is 6.21. The van der Waals surface area contributed by atoms with Crippen molar-refractivity contribution in [2.45, 2.75) is 59.2 Å². The van der Waals surface area contributed by atoms with Crippen LogP contribution >= 0.6 is 0 Å². The Balaban J connectivity index is 1.59. The Labute approximate surface area is 182 Å². The number of hydrogen-bond acceptors (Lipinski definition) is 7. The minimum Gasteiger partial charge on any atom is -0.476 e. The molecule has 7 nitrogen and oxygen atoms in total. The molecule has 162 valence electrons. The molecular weight excluding hydrogens is 390 g/mol. The summed E-state index contributed by atoms with van der Waals surface area (Å²) in [6, 6.07) is 10.3. The average molecular weight is 420 g/mol. The lowest BCUT2D eigenvalue weighted by molar-refractivity contribution is 0.157. The van der Waals surface area contributed by atoms with E-state index in [0.717, 1.165) is 29.1 Å². The quantitative estimate of drug-likeness (QED) is 0.638. The van der Waals surface area contributed by atoms with Crippen molar-refractivity contribution in [1.82, 2.24) is 20.4 Å². The minimum absolute atomic E-state index is 0.0941. The molecule has 2 aliphatic rings. The van der Waals surface area contributed by atoms with Gasteiger partial charge in [-0.05, 0) is 36.8 Å². The summed E-state index contributed by atoms with van der Waals surface area (Å²) in [5.41, 5.74) is 4.72. The molecule has 0 amide bonds. The number of fused-ring (bicyclic) bond motifs is 5. The number of nitrogens with one attached hydrogen (secondary N) is 2. The molecule has 3 heterocycles. The maximum Gasteiger partial charge on any atom is 0.228 e. The highest BCUT2D eigenvalue weighted by Gasteiger charge is 2.46. The van der Waals surface area contributed by atoms with Crippen molar-refractivity contribution in [2.75, 3.05) is 11.9 Å². The van der Waals surface area contributed by atoms with Gasteiger partial charge < -0.3 is 14.6 Å². The van der Waals surface area contributed by atoms with Gasteiger partial charge in [-0.25, -0.2) is 4.98 Å². The summed E-state index contributed by atoms with van der Waals surface area (Å²) in [5.74, 6) is 1.84. The van der Waals surface area contributed by atoms with Crippen LogP contribution in [0.15, 0.2) is 34.9 Å². The largest absolute Gasteiger partial charge is 0.476 e. The number of anilines is 1. The first-order chi connectivity index (χ1) is 14.7. The molecule has 1 aliphatic carbocycles. The van der Waals surface area contributed by atoms with Crippen molar-refractivity contribution in [1.29, 1.82) is 0 Å². The second-order valence-corrected chi connectivity index (χ2v) is 9.99. The zero-order valence-electron chi connectivity index (χ0n) is 18.7. The second-order valence-electron chi connectivity index (χ2n) is 9.99. The summed E-state index contributed by atoms with van der Waals surface area (Å²) < 4.78 is 11.8. The molecule has 2 N–H and O–H groups in total. The molecule has 1 spiro atoms. The van der Waals surface area contributed by atoms with Gasteiger partial charge in [-0.3, -0.25) is 5.32 Å². The lowest BCUT2D eigenvalue weighted by Crippen LogP contribution is -2.56. The van der Waals surface area contributed by atoms with Crippen LogP contribution in [0.25, 0.3) is 11.3 Å². The summed E-state index contributed by atoms with van der Waals surface area (Å²) in [5, 5.41) is 11.4. The molecule has 3 aromatic rings. The summed E-state index contributed by atoms with van der Waals surface area (Å²) >= 11 is 0. The topological polar surface area (TPSA) is 85.1 Å². The molecule has 4 bridgehead atoms. The summed E-state index contributed by atoms with van der Waals surface area (Å²) in [6.07, 6.45) is 1.61. The Kier molecular flexibility index (Phi) is 4.55. The van der Waals surface area contributed by atoms with E-state index in [4.69, 9.17) is 14.2 Å². The van der Waals surface area contributed by atoms with Gasteiger partial charge in [0.25, 0.3) is 0 Å². The molecule has 1 unspecified atom stereocenters. The van der Waals surface area contributed by atoms with Gasteiger partial charge >= 0.3 is 0 Å². The summed E-state index contributed by atoms with van der Waals surface area (Å²) in [4.78, 5) is 9.54. The molecule has 0 fully saturated rings. The van der Waals surface area contributed by atoms with E-state index in [9.17, 15) is 0 Å². The SMILES string of the molecule is Cc1cccc(C)c1-c1cc2nc(n1)NC1(Cc3cc1on3)N[C@H](CC(C)(C)C)CO2. The molecule has 7 heteroatoms. The molecule has 0 saturated carbocycles. The van der Waals surface area contributed by atoms with E-state index in [1.165, 1.54) is 11.1 Å². The Hall–Kier alpha value is -2.93. The van der Waals surface area contributed by atoms with Crippen LogP contribution in [0.1, 0.15) is 49.8 Å². The lowest BCUT2D eigenvalue weighted by Gasteiger charge is -2.36. The molecular formula is C24H29N5O2. The molecule has 1 aliphatic heterocycles. The fourth-order valence-electron chi connectivity index (χ4n) is 4.74. The van der Waals surface area contributed by atoms with Gasteiger partial charge in [0.15, 0.2) is 11.4 Å². The van der Waals surface area contributed by atoms with E-state index in [2.05, 4.69) is 73.6 Å². The van der Waals surface area contributed by atoms with E-state index >= 15 is 0 Å². The van der Waals surface area contributed by atoms with Crippen LogP contribution in [0, 0.1) is 19.3 Å². The number of rotatable bonds is 2. The van der Waals surface area contributed by atoms with Gasteiger partial charge in [0.05, 0.1) is 11.4 Å². The standard InChI is InChI=1S/C24H29N5O2/c1-14-7-6-8-15(2)21(14)18-10-20-26-22(25-18)28-24(12-16-9-19(24)31-29-16)27-17(13-30-20)11-23(3,4)5/h6-10,17,27H,11-13H2,1-5H3,(H,25,26,28)/t17-,24?/m1/s1. The minimum atomic E-state index is -0.628. The fraction of sp³-hybridized carbons (Fsp3) is 0.458. The number of aryl methyl sites for hydroxylation is 2. The number of ether oxygens (including phenoxy) is 1. The van der Waals surface area contributed by atoms with Gasteiger partial charge in [0, 0.05) is 30.2 Å². The van der Waals surface area contributed by atoms with E-state index < -0.39 is 5.66 Å². The highest BCUT2D eigenvalue weighted by atomic mass is 16.5. The van der Waals surface area contributed by atoms with Gasteiger partial charge in [-0.2, -0.15) is 4.98 Å². The first-order valence-corrected chi connectivity index (χ1v) is 10.8. The third-order valence-electron chi connectivity index (χ3n) is 5.93. The van der Waals surface area contributed by atoms with Crippen LogP contribution in [0.3, 0.4) is 0 Å². The van der Waals surface area contributed by atoms with Crippen molar-refractivity contribution in [3.63, 3.8) is 0 Å². The molecule has 31 heavy (non-hydrogen) atoms. The Morgan fingerprint density at radius 1 is 1.13 bits per heavy atom. The highest BCUT2D eigenvalue weighted by Crippen LogP contribution is 2.37. The van der Waals surface area contributed by atoms with Crippen LogP contribution in [-0.4, -0.2) is 27.8 Å². The predicted octanol–water partition coefficient (Wildman–Crippen LogP) is 4.36. The molecule has 0 radical (unpaired) electrons. The van der Waals surface area contributed by atoms with Crippen LogP contribution in [0.2, 0.25) is 0 Å². The maximum atomic E-state index is 6.21. The van der Waals surface area contributed by atoms with Gasteiger partial charge in [0.1, 0.15) is 6.61 Å². The van der Waals surface area contributed by atoms with Crippen molar-refractivity contribution in [2.24, 2.45) is 5.41 Å². The second kappa shape index (κ2) is 7.05. The van der Waals surface area contributed by atoms with Crippen LogP contribution < -0.4 is 15.4 Å². The number of hydrogen-bond donors (Lipinski definition) is 2. The van der Waals surface area contributed by atoms with Crippen LogP contribution in [0.5, 0.6) is 5.88 Å². The van der Waals surface area contributed by atoms with Crippen molar-refractivity contribution >= 4 is 5.95 Å². The Morgan fingerprint density at radius 3 is 2.55 bits per heavy atom. The molecule has 5 rings (SSSR count). The van der Waals surface area contributed by atoms with Crippen molar-refractivity contribution in [3.8, 4) is 17.1 Å². The monoisotopic (exact) mass is 419 g/mol. The summed E-state index contributed by atoms with van der Waals surface area (Å²) in [7, 11) is 0. The third-order valence-corrected chi connectivity index (χ3v) is 5.93. The number of nitrogens with zero attached hydrogens (tertiary/aromatic N) is 3. The third kappa shape index (κ3) is 3.78. The van der Waals surface area contributed by atoms with Gasteiger partial charge in [-0.15, -0.1) is 0 Å². The number of aromatic nitrogens is 3. The van der Waals surface area contributed by atoms with Crippen LogP contribution in [0.4, 0.5) is 5.95 Å². The van der Waals surface area contributed by atoms with Gasteiger partial charge in [0.2, 0.25) is 11.8 Å². The molecule has 2 atom stereocenters. The molecule has 0 saturated heterocycles. The lowest BCUT2D eigenvalue weighted by atomic mass is 9.87. The van der Waals surface area contributed by atoms with Crippen molar-refractivity contribution < 1.29 is 9.26 Å². The van der Waals surface area contributed by atoms with Crippen LogP contribution in [-0.2, 0) is 12.1 Å². The highest BCUT2D eigenvalue weighted by molar-refractivity contribution is 5.69.